The lowest BCUT2D eigenvalue weighted by molar-refractivity contribution is -0.150. The minimum Gasteiger partial charge on any atom is -0.449 e. The van der Waals surface area contributed by atoms with E-state index in [9.17, 15) is 14.0 Å². The molecule has 0 spiro atoms. The van der Waals surface area contributed by atoms with Gasteiger partial charge in [0, 0.05) is 18.2 Å². The Morgan fingerprint density at radius 2 is 2.12 bits per heavy atom. The summed E-state index contributed by atoms with van der Waals surface area (Å²) in [7, 11) is 0. The first kappa shape index (κ1) is 18.9. The minimum atomic E-state index is -0.891. The van der Waals surface area contributed by atoms with Crippen LogP contribution >= 0.6 is 0 Å². The predicted molar refractivity (Wildman–Crippen MR) is 95.2 cm³/mol. The second kappa shape index (κ2) is 9.77. The number of carbonyl (C=O) groups excluding carboxylic acids is 2. The van der Waals surface area contributed by atoms with E-state index in [-0.39, 0.29) is 11.5 Å². The number of ether oxygens (including phenoxy) is 1. The molecule has 1 atom stereocenters. The Morgan fingerprint density at radius 3 is 2.84 bits per heavy atom. The number of nitrogens with one attached hydrogen (secondary N) is 1. The Labute approximate surface area is 147 Å². The molecule has 0 fully saturated rings. The molecule has 4 nitrogen and oxygen atoms in total. The highest BCUT2D eigenvalue weighted by Crippen LogP contribution is 2.19. The third-order valence-corrected chi connectivity index (χ3v) is 4.10. The first-order valence-corrected chi connectivity index (χ1v) is 8.65. The monoisotopic (exact) mass is 345 g/mol. The normalized spacial score (nSPS) is 15.5. The van der Waals surface area contributed by atoms with E-state index in [1.807, 2.05) is 0 Å². The Hall–Kier alpha value is -2.43. The zero-order chi connectivity index (χ0) is 18.1. The second-order valence-corrected chi connectivity index (χ2v) is 6.08. The SMILES string of the molecule is C[C@@H](OC(=O)/C=C/c1ccccc1F)C(=O)NCCC1=CCCCC1. The topological polar surface area (TPSA) is 55.4 Å². The van der Waals surface area contributed by atoms with Gasteiger partial charge in [0.05, 0.1) is 0 Å². The Balaban J connectivity index is 1.73. The summed E-state index contributed by atoms with van der Waals surface area (Å²) >= 11 is 0. The molecule has 1 aliphatic carbocycles. The van der Waals surface area contributed by atoms with Crippen molar-refractivity contribution < 1.29 is 18.7 Å². The number of carbonyl (C=O) groups is 2. The molecule has 25 heavy (non-hydrogen) atoms. The summed E-state index contributed by atoms with van der Waals surface area (Å²) in [6, 6.07) is 6.10. The maximum absolute atomic E-state index is 13.5. The summed E-state index contributed by atoms with van der Waals surface area (Å²) in [4.78, 5) is 23.7. The molecular formula is C20H24FNO3. The van der Waals surface area contributed by atoms with Crippen molar-refractivity contribution in [1.82, 2.24) is 5.32 Å². The highest BCUT2D eigenvalue weighted by Gasteiger charge is 2.16. The fourth-order valence-corrected chi connectivity index (χ4v) is 2.66. The van der Waals surface area contributed by atoms with Gasteiger partial charge in [-0.25, -0.2) is 9.18 Å². The molecule has 1 N–H and O–H groups in total. The lowest BCUT2D eigenvalue weighted by atomic mass is 9.97. The van der Waals surface area contributed by atoms with Gasteiger partial charge in [0.2, 0.25) is 0 Å². The highest BCUT2D eigenvalue weighted by molar-refractivity contribution is 5.90. The number of amides is 1. The quantitative estimate of drug-likeness (QED) is 0.465. The molecule has 1 aliphatic rings. The van der Waals surface area contributed by atoms with Crippen LogP contribution in [0.5, 0.6) is 0 Å². The summed E-state index contributed by atoms with van der Waals surface area (Å²) in [6.45, 7) is 2.06. The number of rotatable bonds is 7. The molecule has 134 valence electrons. The smallest absolute Gasteiger partial charge is 0.331 e. The van der Waals surface area contributed by atoms with Gasteiger partial charge < -0.3 is 10.1 Å². The number of halogens is 1. The number of allylic oxidation sites excluding steroid dienone is 1. The van der Waals surface area contributed by atoms with E-state index in [2.05, 4.69) is 11.4 Å². The van der Waals surface area contributed by atoms with Crippen LogP contribution in [-0.2, 0) is 14.3 Å². The highest BCUT2D eigenvalue weighted by atomic mass is 19.1. The number of benzene rings is 1. The molecule has 0 saturated heterocycles. The van der Waals surface area contributed by atoms with Crippen molar-refractivity contribution in [2.24, 2.45) is 0 Å². The second-order valence-electron chi connectivity index (χ2n) is 6.08. The van der Waals surface area contributed by atoms with Crippen molar-refractivity contribution in [3.8, 4) is 0 Å². The van der Waals surface area contributed by atoms with Gasteiger partial charge in [0.25, 0.3) is 5.91 Å². The summed E-state index contributed by atoms with van der Waals surface area (Å²) in [5.74, 6) is -1.43. The van der Waals surface area contributed by atoms with Gasteiger partial charge in [-0.05, 0) is 51.2 Å². The van der Waals surface area contributed by atoms with Crippen molar-refractivity contribution in [2.75, 3.05) is 6.54 Å². The molecule has 5 heteroatoms. The molecule has 0 aromatic heterocycles. The van der Waals surface area contributed by atoms with Gasteiger partial charge >= 0.3 is 5.97 Å². The first-order valence-electron chi connectivity index (χ1n) is 8.65. The van der Waals surface area contributed by atoms with Gasteiger partial charge in [-0.15, -0.1) is 0 Å². The van der Waals surface area contributed by atoms with Crippen LogP contribution in [-0.4, -0.2) is 24.5 Å². The zero-order valence-electron chi connectivity index (χ0n) is 14.5. The van der Waals surface area contributed by atoms with Gasteiger partial charge in [0.1, 0.15) is 5.82 Å². The molecular weight excluding hydrogens is 321 g/mol. The van der Waals surface area contributed by atoms with Crippen LogP contribution in [0.3, 0.4) is 0 Å². The third-order valence-electron chi connectivity index (χ3n) is 4.10. The van der Waals surface area contributed by atoms with E-state index in [1.54, 1.807) is 18.2 Å². The number of hydrogen-bond donors (Lipinski definition) is 1. The van der Waals surface area contributed by atoms with E-state index >= 15 is 0 Å². The van der Waals surface area contributed by atoms with Crippen LogP contribution in [0.15, 0.2) is 42.0 Å². The fourth-order valence-electron chi connectivity index (χ4n) is 2.66. The van der Waals surface area contributed by atoms with Gasteiger partial charge in [-0.3, -0.25) is 4.79 Å². The number of hydrogen-bond acceptors (Lipinski definition) is 3. The molecule has 0 aliphatic heterocycles. The Morgan fingerprint density at radius 1 is 1.32 bits per heavy atom. The van der Waals surface area contributed by atoms with Crippen LogP contribution in [0.25, 0.3) is 6.08 Å². The van der Waals surface area contributed by atoms with Crippen LogP contribution in [0.2, 0.25) is 0 Å². The molecule has 0 heterocycles. The molecule has 1 aromatic rings. The average Bonchev–Trinajstić information content (AvgIpc) is 2.62. The predicted octanol–water partition coefficient (Wildman–Crippen LogP) is 3.78. The third kappa shape index (κ3) is 6.53. The lowest BCUT2D eigenvalue weighted by Crippen LogP contribution is -2.36. The zero-order valence-corrected chi connectivity index (χ0v) is 14.5. The molecule has 1 aromatic carbocycles. The van der Waals surface area contributed by atoms with Gasteiger partial charge in [0.15, 0.2) is 6.10 Å². The summed E-state index contributed by atoms with van der Waals surface area (Å²) < 4.78 is 18.5. The van der Waals surface area contributed by atoms with Crippen molar-refractivity contribution in [1.29, 1.82) is 0 Å². The average molecular weight is 345 g/mol. The minimum absolute atomic E-state index is 0.289. The molecule has 0 radical (unpaired) electrons. The van der Waals surface area contributed by atoms with Gasteiger partial charge in [-0.1, -0.05) is 29.8 Å². The van der Waals surface area contributed by atoms with Crippen LogP contribution in [0.4, 0.5) is 4.39 Å². The summed E-state index contributed by atoms with van der Waals surface area (Å²) in [6.07, 6.45) is 9.30. The standard InChI is InChI=1S/C20H24FNO3/c1-15(20(24)22-14-13-16-7-3-2-4-8-16)25-19(23)12-11-17-9-5-6-10-18(17)21/h5-7,9-12,15H,2-4,8,13-14H2,1H3,(H,22,24)/b12-11+/t15-/m1/s1. The largest absolute Gasteiger partial charge is 0.449 e. The number of esters is 1. The van der Waals surface area contributed by atoms with E-state index in [0.717, 1.165) is 25.3 Å². The van der Waals surface area contributed by atoms with Crippen molar-refractivity contribution in [3.05, 3.63) is 53.4 Å². The summed E-state index contributed by atoms with van der Waals surface area (Å²) in [5, 5.41) is 2.78. The molecule has 1 amide bonds. The van der Waals surface area contributed by atoms with Crippen LogP contribution < -0.4 is 5.32 Å². The fraction of sp³-hybridized carbons (Fsp3) is 0.400. The Bertz CT molecular complexity index is 667. The summed E-state index contributed by atoms with van der Waals surface area (Å²) in [5.41, 5.74) is 1.67. The van der Waals surface area contributed by atoms with Crippen LogP contribution in [0, 0.1) is 5.82 Å². The molecule has 0 unspecified atom stereocenters. The maximum Gasteiger partial charge on any atom is 0.331 e. The van der Waals surface area contributed by atoms with Gasteiger partial charge in [-0.2, -0.15) is 0 Å². The van der Waals surface area contributed by atoms with E-state index < -0.39 is 17.9 Å². The molecule has 0 bridgehead atoms. The lowest BCUT2D eigenvalue weighted by Gasteiger charge is -2.15. The van der Waals surface area contributed by atoms with E-state index in [4.69, 9.17) is 4.74 Å². The maximum atomic E-state index is 13.5. The molecule has 2 rings (SSSR count). The Kier molecular flexibility index (Phi) is 7.38. The van der Waals surface area contributed by atoms with Crippen molar-refractivity contribution in [3.63, 3.8) is 0 Å². The van der Waals surface area contributed by atoms with Crippen molar-refractivity contribution >= 4 is 18.0 Å². The van der Waals surface area contributed by atoms with Crippen molar-refractivity contribution in [2.45, 2.75) is 45.1 Å². The molecule has 0 saturated carbocycles. The first-order chi connectivity index (χ1) is 12.1. The van der Waals surface area contributed by atoms with E-state index in [0.29, 0.717) is 6.54 Å². The van der Waals surface area contributed by atoms with Crippen LogP contribution in [0.1, 0.15) is 44.6 Å². The van der Waals surface area contributed by atoms with E-state index in [1.165, 1.54) is 37.5 Å².